The third-order valence-corrected chi connectivity index (χ3v) is 5.20. The Morgan fingerprint density at radius 1 is 1.11 bits per heavy atom. The highest BCUT2D eigenvalue weighted by Gasteiger charge is 2.41. The molecule has 2 rings (SSSR count). The Hall–Kier alpha value is -0.570. The van der Waals surface area contributed by atoms with E-state index in [0.29, 0.717) is 0 Å². The molecule has 1 atom stereocenters. The molecule has 0 spiro atoms. The van der Waals surface area contributed by atoms with Gasteiger partial charge in [-0.1, -0.05) is 32.1 Å². The number of carbonyl (C=O) groups is 1. The van der Waals surface area contributed by atoms with Gasteiger partial charge in [0.2, 0.25) is 0 Å². The zero-order valence-corrected chi connectivity index (χ0v) is 12.4. The first-order valence-electron chi connectivity index (χ1n) is 8.11. The van der Waals surface area contributed by atoms with Crippen molar-refractivity contribution in [2.75, 3.05) is 13.1 Å². The average Bonchev–Trinajstić information content (AvgIpc) is 2.34. The van der Waals surface area contributed by atoms with E-state index < -0.39 is 11.5 Å². The number of carboxylic acid groups (broad SMARTS) is 1. The van der Waals surface area contributed by atoms with Gasteiger partial charge >= 0.3 is 5.97 Å². The third-order valence-electron chi connectivity index (χ3n) is 5.20. The van der Waals surface area contributed by atoms with Crippen LogP contribution in [0.3, 0.4) is 0 Å². The molecule has 1 heterocycles. The molecule has 3 heteroatoms. The maximum Gasteiger partial charge on any atom is 0.323 e. The molecule has 1 saturated carbocycles. The molecule has 2 fully saturated rings. The summed E-state index contributed by atoms with van der Waals surface area (Å²) in [6, 6.07) is 0. The number of likely N-dealkylation sites (tertiary alicyclic amines) is 1. The summed E-state index contributed by atoms with van der Waals surface area (Å²) >= 11 is 0. The lowest BCUT2D eigenvalue weighted by Gasteiger charge is -2.43. The summed E-state index contributed by atoms with van der Waals surface area (Å²) in [4.78, 5) is 13.9. The summed E-state index contributed by atoms with van der Waals surface area (Å²) in [5.41, 5.74) is -0.610. The van der Waals surface area contributed by atoms with Gasteiger partial charge in [-0.2, -0.15) is 0 Å². The van der Waals surface area contributed by atoms with Gasteiger partial charge in [-0.25, -0.2) is 0 Å². The van der Waals surface area contributed by atoms with E-state index in [9.17, 15) is 9.90 Å². The predicted molar refractivity (Wildman–Crippen MR) is 77.3 cm³/mol. The van der Waals surface area contributed by atoms with E-state index in [2.05, 4.69) is 4.90 Å². The number of hydrogen-bond donors (Lipinski definition) is 1. The first-order valence-corrected chi connectivity index (χ1v) is 8.11. The highest BCUT2D eigenvalue weighted by molar-refractivity contribution is 5.78. The molecule has 3 nitrogen and oxygen atoms in total. The molecule has 2 aliphatic rings. The highest BCUT2D eigenvalue weighted by Crippen LogP contribution is 2.31. The van der Waals surface area contributed by atoms with E-state index in [1.165, 1.54) is 44.9 Å². The second kappa shape index (κ2) is 6.74. The van der Waals surface area contributed by atoms with E-state index in [1.54, 1.807) is 0 Å². The topological polar surface area (TPSA) is 40.5 Å². The van der Waals surface area contributed by atoms with Crippen LogP contribution in [0, 0.1) is 5.92 Å². The Morgan fingerprint density at radius 2 is 1.74 bits per heavy atom. The standard InChI is InChI=1S/C16H29NO2/c1-16(15(18)19)11-7-8-12-17(16)13-14-9-5-3-2-4-6-10-14/h14H,2-13H2,1H3,(H,18,19). The molecular weight excluding hydrogens is 238 g/mol. The van der Waals surface area contributed by atoms with Crippen molar-refractivity contribution in [1.82, 2.24) is 4.90 Å². The fourth-order valence-electron chi connectivity index (χ4n) is 3.75. The number of aliphatic carboxylic acids is 1. The lowest BCUT2D eigenvalue weighted by atomic mass is 9.85. The lowest BCUT2D eigenvalue weighted by molar-refractivity contribution is -0.153. The Labute approximate surface area is 117 Å². The summed E-state index contributed by atoms with van der Waals surface area (Å²) in [6.07, 6.45) is 12.4. The second-order valence-corrected chi connectivity index (χ2v) is 6.69. The van der Waals surface area contributed by atoms with E-state index in [0.717, 1.165) is 38.3 Å². The molecule has 1 aliphatic heterocycles. The summed E-state index contributed by atoms with van der Waals surface area (Å²) in [7, 11) is 0. The smallest absolute Gasteiger partial charge is 0.323 e. The van der Waals surface area contributed by atoms with Crippen LogP contribution in [0.2, 0.25) is 0 Å². The molecule has 0 aromatic heterocycles. The quantitative estimate of drug-likeness (QED) is 0.848. The molecule has 19 heavy (non-hydrogen) atoms. The number of hydrogen-bond acceptors (Lipinski definition) is 2. The third kappa shape index (κ3) is 3.71. The van der Waals surface area contributed by atoms with Crippen molar-refractivity contribution in [3.05, 3.63) is 0 Å². The summed E-state index contributed by atoms with van der Waals surface area (Å²) in [5, 5.41) is 9.56. The molecule has 0 amide bonds. The maximum absolute atomic E-state index is 11.6. The summed E-state index contributed by atoms with van der Waals surface area (Å²) in [6.45, 7) is 3.90. The van der Waals surface area contributed by atoms with E-state index in [4.69, 9.17) is 0 Å². The molecule has 0 bridgehead atoms. The first kappa shape index (κ1) is 14.8. The monoisotopic (exact) mass is 267 g/mol. The van der Waals surface area contributed by atoms with Gasteiger partial charge in [-0.3, -0.25) is 9.69 Å². The van der Waals surface area contributed by atoms with Crippen LogP contribution >= 0.6 is 0 Å². The molecule has 1 unspecified atom stereocenters. The SMILES string of the molecule is CC1(C(=O)O)CCCCN1CC1CCCCCCC1. The molecule has 110 valence electrons. The minimum absolute atomic E-state index is 0.610. The Balaban J connectivity index is 1.96. The minimum atomic E-state index is -0.627. The van der Waals surface area contributed by atoms with Gasteiger partial charge < -0.3 is 5.11 Å². The Morgan fingerprint density at radius 3 is 2.37 bits per heavy atom. The van der Waals surface area contributed by atoms with Gasteiger partial charge in [0, 0.05) is 6.54 Å². The van der Waals surface area contributed by atoms with Crippen molar-refractivity contribution < 1.29 is 9.90 Å². The van der Waals surface area contributed by atoms with Crippen molar-refractivity contribution in [3.63, 3.8) is 0 Å². The van der Waals surface area contributed by atoms with E-state index >= 15 is 0 Å². The fraction of sp³-hybridized carbons (Fsp3) is 0.938. The highest BCUT2D eigenvalue weighted by atomic mass is 16.4. The van der Waals surface area contributed by atoms with Crippen LogP contribution in [0.4, 0.5) is 0 Å². The lowest BCUT2D eigenvalue weighted by Crippen LogP contribution is -2.56. The van der Waals surface area contributed by atoms with Crippen molar-refractivity contribution in [3.8, 4) is 0 Å². The zero-order chi connectivity index (χ0) is 13.7. The van der Waals surface area contributed by atoms with Gasteiger partial charge in [0.25, 0.3) is 0 Å². The van der Waals surface area contributed by atoms with Crippen molar-refractivity contribution in [1.29, 1.82) is 0 Å². The minimum Gasteiger partial charge on any atom is -0.480 e. The van der Waals surface area contributed by atoms with Gasteiger partial charge in [0.05, 0.1) is 0 Å². The van der Waals surface area contributed by atoms with Gasteiger partial charge in [0.15, 0.2) is 0 Å². The number of nitrogens with zero attached hydrogens (tertiary/aromatic N) is 1. The molecule has 1 N–H and O–H groups in total. The molecular formula is C16H29NO2. The fourth-order valence-corrected chi connectivity index (χ4v) is 3.75. The average molecular weight is 267 g/mol. The van der Waals surface area contributed by atoms with Crippen LogP contribution < -0.4 is 0 Å². The number of piperidine rings is 1. The largest absolute Gasteiger partial charge is 0.480 e. The Kier molecular flexibility index (Phi) is 5.26. The second-order valence-electron chi connectivity index (χ2n) is 6.69. The molecule has 1 aliphatic carbocycles. The number of rotatable bonds is 3. The number of carboxylic acids is 1. The summed E-state index contributed by atoms with van der Waals surface area (Å²) in [5.74, 6) is 0.0927. The Bertz CT molecular complexity index is 297. The van der Waals surface area contributed by atoms with E-state index in [1.807, 2.05) is 6.92 Å². The van der Waals surface area contributed by atoms with Crippen LogP contribution in [-0.4, -0.2) is 34.6 Å². The molecule has 0 aromatic carbocycles. The van der Waals surface area contributed by atoms with Gasteiger partial charge in [-0.15, -0.1) is 0 Å². The molecule has 0 radical (unpaired) electrons. The zero-order valence-electron chi connectivity index (χ0n) is 12.4. The first-order chi connectivity index (χ1) is 9.13. The maximum atomic E-state index is 11.6. The van der Waals surface area contributed by atoms with Crippen LogP contribution in [0.5, 0.6) is 0 Å². The molecule has 0 aromatic rings. The van der Waals surface area contributed by atoms with Crippen LogP contribution in [0.15, 0.2) is 0 Å². The summed E-state index contributed by atoms with van der Waals surface area (Å²) < 4.78 is 0. The van der Waals surface area contributed by atoms with Crippen molar-refractivity contribution in [2.24, 2.45) is 5.92 Å². The van der Waals surface area contributed by atoms with Crippen LogP contribution in [0.25, 0.3) is 0 Å². The van der Waals surface area contributed by atoms with Crippen molar-refractivity contribution in [2.45, 2.75) is 76.7 Å². The predicted octanol–water partition coefficient (Wildman–Crippen LogP) is 3.68. The van der Waals surface area contributed by atoms with E-state index in [-0.39, 0.29) is 0 Å². The van der Waals surface area contributed by atoms with Gasteiger partial charge in [-0.05, 0) is 51.5 Å². The normalized spacial score (nSPS) is 31.6. The van der Waals surface area contributed by atoms with Crippen LogP contribution in [-0.2, 0) is 4.79 Å². The molecule has 1 saturated heterocycles. The van der Waals surface area contributed by atoms with Crippen molar-refractivity contribution >= 4 is 5.97 Å². The van der Waals surface area contributed by atoms with Gasteiger partial charge in [0.1, 0.15) is 5.54 Å². The van der Waals surface area contributed by atoms with Crippen LogP contribution in [0.1, 0.15) is 71.1 Å².